The van der Waals surface area contributed by atoms with Crippen LogP contribution in [-0.2, 0) is 12.8 Å². The van der Waals surface area contributed by atoms with Crippen molar-refractivity contribution in [2.75, 3.05) is 0 Å². The fraction of sp³-hybridized carbons (Fsp3) is 0.100. The van der Waals surface area contributed by atoms with Crippen LogP contribution in [-0.4, -0.2) is 0 Å². The van der Waals surface area contributed by atoms with Gasteiger partial charge in [0.05, 0.1) is 0 Å². The van der Waals surface area contributed by atoms with E-state index in [4.69, 9.17) is 0 Å². The molecule has 0 aromatic heterocycles. The van der Waals surface area contributed by atoms with E-state index in [1.807, 2.05) is 0 Å². The summed E-state index contributed by atoms with van der Waals surface area (Å²) < 4.78 is 0. The van der Waals surface area contributed by atoms with Crippen LogP contribution in [0.5, 0.6) is 0 Å². The lowest BCUT2D eigenvalue weighted by molar-refractivity contribution is 0.949. The van der Waals surface area contributed by atoms with E-state index in [0.29, 0.717) is 0 Å². The third-order valence-electron chi connectivity index (χ3n) is 5.23. The molecule has 0 N–H and O–H groups in total. The van der Waals surface area contributed by atoms with Crippen molar-refractivity contribution in [3.8, 4) is 11.1 Å². The van der Waals surface area contributed by atoms with Gasteiger partial charge >= 0.3 is 0 Å². The summed E-state index contributed by atoms with van der Waals surface area (Å²) in [4.78, 5) is 0. The van der Waals surface area contributed by atoms with Crippen molar-refractivity contribution in [1.82, 2.24) is 0 Å². The van der Waals surface area contributed by atoms with Crippen LogP contribution in [0, 0.1) is 0 Å². The highest BCUT2D eigenvalue weighted by Gasteiger charge is 2.27. The molecule has 0 aliphatic heterocycles. The van der Waals surface area contributed by atoms with E-state index < -0.39 is 0 Å². The van der Waals surface area contributed by atoms with Crippen LogP contribution < -0.4 is 0 Å². The van der Waals surface area contributed by atoms with Gasteiger partial charge in [0.2, 0.25) is 0 Å². The highest BCUT2D eigenvalue weighted by Crippen LogP contribution is 2.52. The molecule has 0 nitrogen and oxygen atoms in total. The first-order valence-electron chi connectivity index (χ1n) is 7.35. The van der Waals surface area contributed by atoms with Crippen LogP contribution in [0.15, 0.2) is 48.5 Å². The largest absolute Gasteiger partial charge is 0.0578 e. The van der Waals surface area contributed by atoms with Gasteiger partial charge in [-0.1, -0.05) is 48.5 Å². The number of benzene rings is 4. The molecule has 0 amide bonds. The van der Waals surface area contributed by atoms with Crippen molar-refractivity contribution in [1.29, 1.82) is 0 Å². The Kier molecular flexibility index (Phi) is 1.37. The Hall–Kier alpha value is -2.34. The van der Waals surface area contributed by atoms with Crippen LogP contribution in [0.4, 0.5) is 0 Å². The van der Waals surface area contributed by atoms with Crippen LogP contribution in [0.25, 0.3) is 43.4 Å². The van der Waals surface area contributed by atoms with Gasteiger partial charge in [0.25, 0.3) is 0 Å². The quantitative estimate of drug-likeness (QED) is 0.331. The highest BCUT2D eigenvalue weighted by molar-refractivity contribution is 6.33. The number of hydrogen-bond acceptors (Lipinski definition) is 0. The standard InChI is InChI=1S/C20H12/c1-2-12-5-6-14-9-10-15-8-7-13-4-3-11(1)16-17(12)19(14)20(15)18(13)16/h1-8H,9-10H2. The second-order valence-electron chi connectivity index (χ2n) is 6.12. The van der Waals surface area contributed by atoms with Crippen LogP contribution in [0.1, 0.15) is 11.1 Å². The lowest BCUT2D eigenvalue weighted by Gasteiger charge is -2.19. The van der Waals surface area contributed by atoms with Crippen molar-refractivity contribution in [2.24, 2.45) is 0 Å². The third kappa shape index (κ3) is 0.857. The maximum absolute atomic E-state index is 2.34. The molecule has 92 valence electrons. The lowest BCUT2D eigenvalue weighted by Crippen LogP contribution is -2.02. The zero-order valence-electron chi connectivity index (χ0n) is 11.0. The molecular formula is C20H12. The van der Waals surface area contributed by atoms with Crippen molar-refractivity contribution in [3.05, 3.63) is 59.7 Å². The molecule has 0 saturated carbocycles. The van der Waals surface area contributed by atoms with Crippen LogP contribution >= 0.6 is 0 Å². The molecule has 0 heterocycles. The summed E-state index contributed by atoms with van der Waals surface area (Å²) in [5.41, 5.74) is 6.17. The smallest absolute Gasteiger partial charge is 0.00141 e. The fourth-order valence-electron chi connectivity index (χ4n) is 4.39. The molecule has 4 aromatic rings. The van der Waals surface area contributed by atoms with Gasteiger partial charge in [0, 0.05) is 0 Å². The summed E-state index contributed by atoms with van der Waals surface area (Å²) in [5.74, 6) is 0. The monoisotopic (exact) mass is 252 g/mol. The molecule has 0 fully saturated rings. The average Bonchev–Trinajstić information content (AvgIpc) is 2.88. The van der Waals surface area contributed by atoms with Gasteiger partial charge in [-0.3, -0.25) is 0 Å². The molecule has 0 heteroatoms. The minimum atomic E-state index is 1.19. The van der Waals surface area contributed by atoms with E-state index >= 15 is 0 Å². The van der Waals surface area contributed by atoms with Crippen molar-refractivity contribution < 1.29 is 0 Å². The summed E-state index contributed by atoms with van der Waals surface area (Å²) in [6.07, 6.45) is 2.38. The SMILES string of the molecule is c1cc2ccc3ccc4ccc5c6c4c3c2c-6c1CC5. The Morgan fingerprint density at radius 3 is 1.35 bits per heavy atom. The normalized spacial score (nSPS) is 14.6. The summed E-state index contributed by atoms with van der Waals surface area (Å²) in [5, 5.41) is 8.69. The first kappa shape index (κ1) is 9.55. The summed E-state index contributed by atoms with van der Waals surface area (Å²) in [6, 6.07) is 18.4. The Morgan fingerprint density at radius 1 is 0.450 bits per heavy atom. The van der Waals surface area contributed by atoms with Gasteiger partial charge in [-0.05, 0) is 67.4 Å². The Bertz CT molecular complexity index is 999. The Morgan fingerprint density at radius 2 is 0.850 bits per heavy atom. The number of rotatable bonds is 0. The van der Waals surface area contributed by atoms with Crippen molar-refractivity contribution in [3.63, 3.8) is 0 Å². The molecule has 0 bridgehead atoms. The van der Waals surface area contributed by atoms with Gasteiger partial charge in [0.15, 0.2) is 0 Å². The predicted molar refractivity (Wildman–Crippen MR) is 85.4 cm³/mol. The molecule has 2 aliphatic rings. The molecule has 20 heavy (non-hydrogen) atoms. The van der Waals surface area contributed by atoms with Crippen LogP contribution in [0.3, 0.4) is 0 Å². The molecule has 0 atom stereocenters. The minimum absolute atomic E-state index is 1.19. The van der Waals surface area contributed by atoms with E-state index in [2.05, 4.69) is 48.5 Å². The number of hydrogen-bond donors (Lipinski definition) is 0. The van der Waals surface area contributed by atoms with Crippen molar-refractivity contribution in [2.45, 2.75) is 12.8 Å². The van der Waals surface area contributed by atoms with Crippen molar-refractivity contribution >= 4 is 32.3 Å². The third-order valence-corrected chi connectivity index (χ3v) is 5.23. The molecule has 0 radical (unpaired) electrons. The summed E-state index contributed by atoms with van der Waals surface area (Å²) in [6.45, 7) is 0. The molecule has 0 unspecified atom stereocenters. The molecule has 0 saturated heterocycles. The Balaban J connectivity index is 2.13. The zero-order chi connectivity index (χ0) is 12.8. The molecule has 6 rings (SSSR count). The van der Waals surface area contributed by atoms with E-state index in [0.717, 1.165) is 0 Å². The second-order valence-corrected chi connectivity index (χ2v) is 6.12. The van der Waals surface area contributed by atoms with Gasteiger partial charge in [-0.25, -0.2) is 0 Å². The predicted octanol–water partition coefficient (Wildman–Crippen LogP) is 5.23. The highest BCUT2D eigenvalue weighted by atomic mass is 14.3. The molecule has 0 spiro atoms. The summed E-state index contributed by atoms with van der Waals surface area (Å²) in [7, 11) is 0. The topological polar surface area (TPSA) is 0 Å². The Labute approximate surface area is 116 Å². The second kappa shape index (κ2) is 2.88. The number of aryl methyl sites for hydroxylation is 2. The van der Waals surface area contributed by atoms with E-state index in [1.54, 1.807) is 22.3 Å². The fourth-order valence-corrected chi connectivity index (χ4v) is 4.39. The maximum Gasteiger partial charge on any atom is -0.00141 e. The van der Waals surface area contributed by atoms with E-state index in [9.17, 15) is 0 Å². The zero-order valence-corrected chi connectivity index (χ0v) is 11.0. The van der Waals surface area contributed by atoms with Gasteiger partial charge in [-0.15, -0.1) is 0 Å². The van der Waals surface area contributed by atoms with Crippen LogP contribution in [0.2, 0.25) is 0 Å². The van der Waals surface area contributed by atoms with E-state index in [-0.39, 0.29) is 0 Å². The first-order chi connectivity index (χ1) is 9.92. The average molecular weight is 252 g/mol. The minimum Gasteiger partial charge on any atom is -0.0578 e. The molecule has 2 aliphatic carbocycles. The molecular weight excluding hydrogens is 240 g/mol. The maximum atomic E-state index is 2.34. The molecule has 4 aromatic carbocycles. The van der Waals surface area contributed by atoms with Gasteiger partial charge in [0.1, 0.15) is 0 Å². The van der Waals surface area contributed by atoms with E-state index in [1.165, 1.54) is 45.2 Å². The lowest BCUT2D eigenvalue weighted by atomic mass is 9.85. The first-order valence-corrected chi connectivity index (χ1v) is 7.35. The summed E-state index contributed by atoms with van der Waals surface area (Å²) >= 11 is 0. The van der Waals surface area contributed by atoms with Gasteiger partial charge in [-0.2, -0.15) is 0 Å². The van der Waals surface area contributed by atoms with Gasteiger partial charge < -0.3 is 0 Å².